The lowest BCUT2D eigenvalue weighted by molar-refractivity contribution is 0.483. The summed E-state index contributed by atoms with van der Waals surface area (Å²) >= 11 is 0. The molecule has 0 spiro atoms. The summed E-state index contributed by atoms with van der Waals surface area (Å²) in [5.41, 5.74) is 1.33. The molecule has 0 N–H and O–H groups in total. The minimum Gasteiger partial charge on any atom is -0.0808 e. The topological polar surface area (TPSA) is 0 Å². The average Bonchev–Trinajstić information content (AvgIpc) is 2.45. The Bertz CT molecular complexity index is 313. The second-order valence-corrected chi connectivity index (χ2v) is 5.52. The van der Waals surface area contributed by atoms with E-state index in [1.807, 2.05) is 0 Å². The van der Waals surface area contributed by atoms with E-state index in [0.717, 1.165) is 5.92 Å². The third-order valence-electron chi connectivity index (χ3n) is 3.72. The zero-order chi connectivity index (χ0) is 13.8. The number of benzene rings is 1. The van der Waals surface area contributed by atoms with Crippen molar-refractivity contribution < 1.29 is 0 Å². The predicted octanol–water partition coefficient (Wildman–Crippen LogP) is 6.48. The van der Waals surface area contributed by atoms with Crippen molar-refractivity contribution >= 4 is 6.08 Å². The quantitative estimate of drug-likeness (QED) is 0.421. The molecule has 0 heterocycles. The summed E-state index contributed by atoms with van der Waals surface area (Å²) in [7, 11) is 0. The van der Waals surface area contributed by atoms with Gasteiger partial charge in [0.2, 0.25) is 0 Å². The van der Waals surface area contributed by atoms with Crippen molar-refractivity contribution in [2.75, 3.05) is 0 Å². The van der Waals surface area contributed by atoms with Gasteiger partial charge >= 0.3 is 0 Å². The van der Waals surface area contributed by atoms with Crippen molar-refractivity contribution in [1.29, 1.82) is 0 Å². The van der Waals surface area contributed by atoms with Crippen LogP contribution >= 0.6 is 0 Å². The van der Waals surface area contributed by atoms with Gasteiger partial charge in [-0.3, -0.25) is 0 Å². The zero-order valence-corrected chi connectivity index (χ0v) is 12.8. The van der Waals surface area contributed by atoms with Gasteiger partial charge in [0.1, 0.15) is 0 Å². The lowest BCUT2D eigenvalue weighted by Gasteiger charge is -2.12. The largest absolute Gasteiger partial charge is 0.0808 e. The molecule has 0 saturated heterocycles. The van der Waals surface area contributed by atoms with Crippen LogP contribution in [0.1, 0.15) is 70.8 Å². The minimum atomic E-state index is 0.776. The monoisotopic (exact) mass is 258 g/mol. The SMILES string of the molecule is CCCCCC(/C=C/c1ccccc1)CCCCC. The zero-order valence-electron chi connectivity index (χ0n) is 12.8. The Morgan fingerprint density at radius 3 is 1.95 bits per heavy atom. The Morgan fingerprint density at radius 2 is 1.42 bits per heavy atom. The number of unbranched alkanes of at least 4 members (excludes halogenated alkanes) is 4. The van der Waals surface area contributed by atoms with Gasteiger partial charge in [-0.05, 0) is 24.3 Å². The number of hydrogen-bond acceptors (Lipinski definition) is 0. The number of allylic oxidation sites excluding steroid dienone is 1. The maximum absolute atomic E-state index is 2.45. The molecule has 0 heteroatoms. The third-order valence-corrected chi connectivity index (χ3v) is 3.72. The van der Waals surface area contributed by atoms with Crippen molar-refractivity contribution in [1.82, 2.24) is 0 Å². The van der Waals surface area contributed by atoms with Crippen LogP contribution in [-0.4, -0.2) is 0 Å². The first kappa shape index (κ1) is 16.0. The van der Waals surface area contributed by atoms with Crippen LogP contribution in [0.25, 0.3) is 6.08 Å². The van der Waals surface area contributed by atoms with Gasteiger partial charge in [0, 0.05) is 0 Å². The van der Waals surface area contributed by atoms with E-state index in [-0.39, 0.29) is 0 Å². The van der Waals surface area contributed by atoms with Crippen molar-refractivity contribution in [3.63, 3.8) is 0 Å². The first-order valence-electron chi connectivity index (χ1n) is 8.10. The summed E-state index contributed by atoms with van der Waals surface area (Å²) in [5.74, 6) is 0.776. The standard InChI is InChI=1S/C19H30/c1-3-5-8-12-18(13-9-6-4-2)16-17-19-14-10-7-11-15-19/h7,10-11,14-18H,3-6,8-9,12-13H2,1-2H3/b17-16+. The lowest BCUT2D eigenvalue weighted by Crippen LogP contribution is -1.97. The van der Waals surface area contributed by atoms with Crippen LogP contribution in [0.3, 0.4) is 0 Å². The molecular formula is C19H30. The minimum absolute atomic E-state index is 0.776. The Balaban J connectivity index is 2.44. The Hall–Kier alpha value is -1.04. The molecule has 0 fully saturated rings. The second-order valence-electron chi connectivity index (χ2n) is 5.52. The van der Waals surface area contributed by atoms with Gasteiger partial charge in [0.15, 0.2) is 0 Å². The molecule has 0 aliphatic carbocycles. The molecule has 0 nitrogen and oxygen atoms in total. The van der Waals surface area contributed by atoms with E-state index in [9.17, 15) is 0 Å². The van der Waals surface area contributed by atoms with Crippen LogP contribution in [0.15, 0.2) is 36.4 Å². The maximum Gasteiger partial charge on any atom is -0.0230 e. The van der Waals surface area contributed by atoms with Crippen LogP contribution in [0.4, 0.5) is 0 Å². The first-order chi connectivity index (χ1) is 9.36. The highest BCUT2D eigenvalue weighted by atomic mass is 14.1. The molecule has 1 aromatic carbocycles. The highest BCUT2D eigenvalue weighted by Crippen LogP contribution is 2.20. The molecule has 0 saturated carbocycles. The molecule has 0 unspecified atom stereocenters. The van der Waals surface area contributed by atoms with E-state index in [4.69, 9.17) is 0 Å². The lowest BCUT2D eigenvalue weighted by atomic mass is 9.94. The Labute approximate surface area is 119 Å². The smallest absolute Gasteiger partial charge is 0.0230 e. The maximum atomic E-state index is 2.45. The van der Waals surface area contributed by atoms with E-state index in [1.54, 1.807) is 0 Å². The average molecular weight is 258 g/mol. The number of rotatable bonds is 10. The summed E-state index contributed by atoms with van der Waals surface area (Å²) in [6.07, 6.45) is 15.6. The normalized spacial score (nSPS) is 11.5. The van der Waals surface area contributed by atoms with Crippen LogP contribution in [0, 0.1) is 5.92 Å². The molecule has 0 aliphatic heterocycles. The van der Waals surface area contributed by atoms with Gasteiger partial charge in [-0.25, -0.2) is 0 Å². The summed E-state index contributed by atoms with van der Waals surface area (Å²) < 4.78 is 0. The summed E-state index contributed by atoms with van der Waals surface area (Å²) in [6.45, 7) is 4.57. The third kappa shape index (κ3) is 7.87. The van der Waals surface area contributed by atoms with Crippen molar-refractivity contribution in [2.24, 2.45) is 5.92 Å². The second kappa shape index (κ2) is 10.8. The van der Waals surface area contributed by atoms with E-state index < -0.39 is 0 Å². The molecule has 19 heavy (non-hydrogen) atoms. The molecule has 1 aromatic rings. The highest BCUT2D eigenvalue weighted by molar-refractivity contribution is 5.48. The first-order valence-corrected chi connectivity index (χ1v) is 8.10. The number of hydrogen-bond donors (Lipinski definition) is 0. The van der Waals surface area contributed by atoms with Gasteiger partial charge in [0.05, 0.1) is 0 Å². The molecule has 0 atom stereocenters. The summed E-state index contributed by atoms with van der Waals surface area (Å²) in [6, 6.07) is 10.7. The molecule has 0 aromatic heterocycles. The predicted molar refractivity (Wildman–Crippen MR) is 87.3 cm³/mol. The molecular weight excluding hydrogens is 228 g/mol. The van der Waals surface area contributed by atoms with Crippen LogP contribution in [0.5, 0.6) is 0 Å². The van der Waals surface area contributed by atoms with Gasteiger partial charge in [-0.1, -0.05) is 94.9 Å². The molecule has 0 radical (unpaired) electrons. The van der Waals surface area contributed by atoms with E-state index in [2.05, 4.69) is 56.3 Å². The fourth-order valence-corrected chi connectivity index (χ4v) is 2.46. The fraction of sp³-hybridized carbons (Fsp3) is 0.579. The van der Waals surface area contributed by atoms with Gasteiger partial charge in [-0.2, -0.15) is 0 Å². The Kier molecular flexibility index (Phi) is 9.14. The van der Waals surface area contributed by atoms with Crippen molar-refractivity contribution in [3.8, 4) is 0 Å². The van der Waals surface area contributed by atoms with Gasteiger partial charge < -0.3 is 0 Å². The molecule has 0 aliphatic rings. The fourth-order valence-electron chi connectivity index (χ4n) is 2.46. The van der Waals surface area contributed by atoms with Crippen molar-refractivity contribution in [2.45, 2.75) is 65.2 Å². The van der Waals surface area contributed by atoms with E-state index in [1.165, 1.54) is 56.9 Å². The van der Waals surface area contributed by atoms with Gasteiger partial charge in [0.25, 0.3) is 0 Å². The molecule has 106 valence electrons. The molecule has 0 amide bonds. The van der Waals surface area contributed by atoms with E-state index >= 15 is 0 Å². The van der Waals surface area contributed by atoms with Gasteiger partial charge in [-0.15, -0.1) is 0 Å². The Morgan fingerprint density at radius 1 is 0.842 bits per heavy atom. The summed E-state index contributed by atoms with van der Waals surface area (Å²) in [5, 5.41) is 0. The molecule has 1 rings (SSSR count). The highest BCUT2D eigenvalue weighted by Gasteiger charge is 2.04. The van der Waals surface area contributed by atoms with E-state index in [0.29, 0.717) is 0 Å². The summed E-state index contributed by atoms with van der Waals surface area (Å²) in [4.78, 5) is 0. The molecule has 0 bridgehead atoms. The van der Waals surface area contributed by atoms with Crippen LogP contribution in [0.2, 0.25) is 0 Å². The van der Waals surface area contributed by atoms with Crippen molar-refractivity contribution in [3.05, 3.63) is 42.0 Å². The van der Waals surface area contributed by atoms with Crippen LogP contribution < -0.4 is 0 Å². The van der Waals surface area contributed by atoms with Crippen LogP contribution in [-0.2, 0) is 0 Å².